The van der Waals surface area contributed by atoms with Crippen LogP contribution >= 0.6 is 0 Å². The molecule has 0 bridgehead atoms. The highest BCUT2D eigenvalue weighted by Crippen LogP contribution is 2.30. The Morgan fingerprint density at radius 3 is 2.39 bits per heavy atom. The number of nitrogens with zero attached hydrogens (tertiary/aromatic N) is 2. The molecule has 33 heavy (non-hydrogen) atoms. The Kier molecular flexibility index (Phi) is 7.77. The smallest absolute Gasteiger partial charge is 0.414 e. The molecule has 0 aliphatic carbocycles. The van der Waals surface area contributed by atoms with Crippen LogP contribution in [0, 0.1) is 19.8 Å². The average Bonchev–Trinajstić information content (AvgIpc) is 2.75. The maximum Gasteiger partial charge on any atom is 0.414 e. The lowest BCUT2D eigenvalue weighted by Gasteiger charge is -2.35. The number of benzene rings is 2. The van der Waals surface area contributed by atoms with E-state index in [9.17, 15) is 4.79 Å². The topological polar surface area (TPSA) is 70.8 Å². The normalized spacial score (nSPS) is 14.8. The van der Waals surface area contributed by atoms with Gasteiger partial charge in [-0.2, -0.15) is 0 Å². The van der Waals surface area contributed by atoms with Gasteiger partial charge in [0.05, 0.1) is 0 Å². The fraction of sp³-hybridized carbons (Fsp3) is 0.519. The molecule has 1 saturated heterocycles. The van der Waals surface area contributed by atoms with Gasteiger partial charge in [0.25, 0.3) is 0 Å². The quantitative estimate of drug-likeness (QED) is 0.528. The Labute approximate surface area is 199 Å². The van der Waals surface area contributed by atoms with Gasteiger partial charge < -0.3 is 20.7 Å². The zero-order valence-corrected chi connectivity index (χ0v) is 21.1. The third-order valence-corrected chi connectivity index (χ3v) is 6.38. The maximum absolute atomic E-state index is 13.0. The van der Waals surface area contributed by atoms with E-state index in [4.69, 9.17) is 10.5 Å². The first-order valence-corrected chi connectivity index (χ1v) is 12.0. The van der Waals surface area contributed by atoms with Crippen molar-refractivity contribution in [2.75, 3.05) is 47.5 Å². The lowest BCUT2D eigenvalue weighted by atomic mass is 9.92. The van der Waals surface area contributed by atoms with Crippen molar-refractivity contribution in [3.8, 4) is 0 Å². The summed E-state index contributed by atoms with van der Waals surface area (Å²) in [6, 6.07) is 12.3. The maximum atomic E-state index is 13.0. The second-order valence-electron chi connectivity index (χ2n) is 10.1. The molecule has 0 spiro atoms. The van der Waals surface area contributed by atoms with E-state index in [1.165, 1.54) is 11.3 Å². The van der Waals surface area contributed by atoms with Gasteiger partial charge in [0.15, 0.2) is 0 Å². The van der Waals surface area contributed by atoms with Crippen LogP contribution < -0.4 is 20.9 Å². The summed E-state index contributed by atoms with van der Waals surface area (Å²) in [4.78, 5) is 17.3. The van der Waals surface area contributed by atoms with Crippen LogP contribution in [-0.2, 0) is 4.74 Å². The molecule has 0 saturated carbocycles. The van der Waals surface area contributed by atoms with E-state index in [1.54, 1.807) is 4.90 Å². The minimum atomic E-state index is -0.537. The predicted octanol–water partition coefficient (Wildman–Crippen LogP) is 5.98. The Morgan fingerprint density at radius 2 is 1.82 bits per heavy atom. The Morgan fingerprint density at radius 1 is 1.12 bits per heavy atom. The van der Waals surface area contributed by atoms with E-state index < -0.39 is 5.60 Å². The molecular formula is C27H40N4O2. The second kappa shape index (κ2) is 10.4. The summed E-state index contributed by atoms with van der Waals surface area (Å²) in [5.74, 6) is 0.581. The van der Waals surface area contributed by atoms with Gasteiger partial charge in [0, 0.05) is 49.4 Å². The molecule has 2 aromatic carbocycles. The van der Waals surface area contributed by atoms with Crippen LogP contribution in [0.4, 0.5) is 27.5 Å². The number of aryl methyl sites for hydroxylation is 2. The van der Waals surface area contributed by atoms with Crippen molar-refractivity contribution in [1.82, 2.24) is 0 Å². The van der Waals surface area contributed by atoms with Gasteiger partial charge in [-0.05, 0) is 107 Å². The summed E-state index contributed by atoms with van der Waals surface area (Å²) in [6.45, 7) is 12.6. The molecule has 6 heteroatoms. The summed E-state index contributed by atoms with van der Waals surface area (Å²) in [7, 11) is 1.95. The first-order valence-electron chi connectivity index (χ1n) is 12.0. The number of nitrogen functional groups attached to an aromatic ring is 1. The highest BCUT2D eigenvalue weighted by molar-refractivity contribution is 5.88. The van der Waals surface area contributed by atoms with Gasteiger partial charge in [-0.25, -0.2) is 4.79 Å². The SMILES string of the molecule is CNc1ccc(N2CCC(CCN(C(=O)OC(C)(C)C)c3ccc(N)c(C)c3)CC2)c(C)c1. The van der Waals surface area contributed by atoms with E-state index in [1.807, 2.05) is 52.9 Å². The molecule has 1 fully saturated rings. The van der Waals surface area contributed by atoms with E-state index in [-0.39, 0.29) is 6.09 Å². The van der Waals surface area contributed by atoms with Crippen LogP contribution in [0.5, 0.6) is 0 Å². The van der Waals surface area contributed by atoms with Crippen LogP contribution in [0.15, 0.2) is 36.4 Å². The second-order valence-corrected chi connectivity index (χ2v) is 10.1. The first kappa shape index (κ1) is 24.7. The Balaban J connectivity index is 1.64. The summed E-state index contributed by atoms with van der Waals surface area (Å²) < 4.78 is 5.71. The van der Waals surface area contributed by atoms with Crippen molar-refractivity contribution in [2.45, 2.75) is 59.5 Å². The molecule has 1 heterocycles. The first-order chi connectivity index (χ1) is 15.6. The number of hydrogen-bond acceptors (Lipinski definition) is 5. The van der Waals surface area contributed by atoms with Crippen LogP contribution in [0.25, 0.3) is 0 Å². The minimum absolute atomic E-state index is 0.302. The monoisotopic (exact) mass is 452 g/mol. The van der Waals surface area contributed by atoms with Crippen molar-refractivity contribution in [3.63, 3.8) is 0 Å². The third kappa shape index (κ3) is 6.56. The standard InChI is InChI=1S/C27H40N4O2/c1-19-18-23(8-9-24(19)28)31(26(32)33-27(3,4)5)16-13-21-11-14-30(15-12-21)25-10-7-22(29-6)17-20(25)2/h7-10,17-18,21,29H,11-16,28H2,1-6H3. The number of carbonyl (C=O) groups is 1. The lowest BCUT2D eigenvalue weighted by molar-refractivity contribution is 0.0578. The summed E-state index contributed by atoms with van der Waals surface area (Å²) >= 11 is 0. The molecule has 3 rings (SSSR count). The average molecular weight is 453 g/mol. The van der Waals surface area contributed by atoms with Gasteiger partial charge in [-0.1, -0.05) is 0 Å². The van der Waals surface area contributed by atoms with Gasteiger partial charge in [-0.3, -0.25) is 4.90 Å². The molecule has 180 valence electrons. The van der Waals surface area contributed by atoms with Crippen molar-refractivity contribution in [2.24, 2.45) is 5.92 Å². The largest absolute Gasteiger partial charge is 0.443 e. The van der Waals surface area contributed by atoms with E-state index in [0.717, 1.165) is 55.0 Å². The number of anilines is 4. The van der Waals surface area contributed by atoms with Gasteiger partial charge in [0.2, 0.25) is 0 Å². The van der Waals surface area contributed by atoms with Crippen LogP contribution in [-0.4, -0.2) is 38.4 Å². The van der Waals surface area contributed by atoms with Crippen LogP contribution in [0.3, 0.4) is 0 Å². The van der Waals surface area contributed by atoms with Gasteiger partial charge >= 0.3 is 6.09 Å². The number of rotatable bonds is 6. The minimum Gasteiger partial charge on any atom is -0.443 e. The number of nitrogens with one attached hydrogen (secondary N) is 1. The molecule has 0 aromatic heterocycles. The summed E-state index contributed by atoms with van der Waals surface area (Å²) in [5.41, 5.74) is 11.8. The number of carbonyl (C=O) groups excluding carboxylic acids is 1. The summed E-state index contributed by atoms with van der Waals surface area (Å²) in [6.07, 6.45) is 2.89. The molecule has 1 aliphatic heterocycles. The van der Waals surface area contributed by atoms with E-state index in [0.29, 0.717) is 12.5 Å². The van der Waals surface area contributed by atoms with Crippen molar-refractivity contribution in [3.05, 3.63) is 47.5 Å². The van der Waals surface area contributed by atoms with Crippen molar-refractivity contribution >= 4 is 28.8 Å². The lowest BCUT2D eigenvalue weighted by Crippen LogP contribution is -2.39. The molecule has 2 aromatic rings. The zero-order chi connectivity index (χ0) is 24.2. The zero-order valence-electron chi connectivity index (χ0n) is 21.1. The number of nitrogens with two attached hydrogens (primary N) is 1. The third-order valence-electron chi connectivity index (χ3n) is 6.38. The number of ether oxygens (including phenoxy) is 1. The summed E-state index contributed by atoms with van der Waals surface area (Å²) in [5, 5.41) is 3.21. The molecule has 1 amide bonds. The fourth-order valence-electron chi connectivity index (χ4n) is 4.41. The number of hydrogen-bond donors (Lipinski definition) is 2. The molecule has 3 N–H and O–H groups in total. The fourth-order valence-corrected chi connectivity index (χ4v) is 4.41. The van der Waals surface area contributed by atoms with E-state index in [2.05, 4.69) is 35.3 Å². The highest BCUT2D eigenvalue weighted by Gasteiger charge is 2.26. The highest BCUT2D eigenvalue weighted by atomic mass is 16.6. The van der Waals surface area contributed by atoms with Crippen LogP contribution in [0.1, 0.15) is 51.2 Å². The molecule has 1 aliphatic rings. The molecule has 0 radical (unpaired) electrons. The van der Waals surface area contributed by atoms with Crippen molar-refractivity contribution in [1.29, 1.82) is 0 Å². The molecule has 6 nitrogen and oxygen atoms in total. The van der Waals surface area contributed by atoms with Gasteiger partial charge in [0.1, 0.15) is 5.60 Å². The van der Waals surface area contributed by atoms with Crippen LogP contribution in [0.2, 0.25) is 0 Å². The predicted molar refractivity (Wildman–Crippen MR) is 139 cm³/mol. The Hall–Kier alpha value is -2.89. The molecular weight excluding hydrogens is 412 g/mol. The van der Waals surface area contributed by atoms with Crippen molar-refractivity contribution < 1.29 is 9.53 Å². The number of amides is 1. The molecule has 0 atom stereocenters. The van der Waals surface area contributed by atoms with Gasteiger partial charge in [-0.15, -0.1) is 0 Å². The molecule has 0 unspecified atom stereocenters. The number of piperidine rings is 1. The van der Waals surface area contributed by atoms with E-state index >= 15 is 0 Å². The Bertz CT molecular complexity index is 959.